The van der Waals surface area contributed by atoms with Crippen molar-refractivity contribution < 1.29 is 5.11 Å². The summed E-state index contributed by atoms with van der Waals surface area (Å²) in [7, 11) is 0. The van der Waals surface area contributed by atoms with Crippen molar-refractivity contribution in [2.75, 3.05) is 0 Å². The van der Waals surface area contributed by atoms with E-state index in [-0.39, 0.29) is 0 Å². The summed E-state index contributed by atoms with van der Waals surface area (Å²) in [6.07, 6.45) is 10.2. The molecule has 118 valence electrons. The van der Waals surface area contributed by atoms with E-state index in [1.54, 1.807) is 0 Å². The molecule has 6 atom stereocenters. The molecule has 3 aliphatic rings. The smallest absolute Gasteiger partial charge is 0.0653 e. The first kappa shape index (κ1) is 15.3. The minimum absolute atomic E-state index is 0.310. The Bertz CT molecular complexity index is 462. The topological polar surface area (TPSA) is 20.2 Å². The first-order valence-corrected chi connectivity index (χ1v) is 8.76. The molecule has 0 amide bonds. The Morgan fingerprint density at radius 2 is 1.90 bits per heavy atom. The van der Waals surface area contributed by atoms with Gasteiger partial charge < -0.3 is 5.11 Å². The summed E-state index contributed by atoms with van der Waals surface area (Å²) in [6.45, 7) is 15.0. The summed E-state index contributed by atoms with van der Waals surface area (Å²) >= 11 is 0. The van der Waals surface area contributed by atoms with Gasteiger partial charge >= 0.3 is 0 Å². The lowest BCUT2D eigenvalue weighted by Gasteiger charge is -2.58. The number of hydrogen-bond acceptors (Lipinski definition) is 1. The maximum atomic E-state index is 11.1. The van der Waals surface area contributed by atoms with Crippen LogP contribution < -0.4 is 0 Å². The highest BCUT2D eigenvalue weighted by molar-refractivity contribution is 5.17. The van der Waals surface area contributed by atoms with E-state index < -0.39 is 5.60 Å². The van der Waals surface area contributed by atoms with Crippen LogP contribution in [0.15, 0.2) is 24.8 Å². The zero-order chi connectivity index (χ0) is 15.5. The Balaban J connectivity index is 1.86. The number of fused-ring (bicyclic) bond motifs is 3. The summed E-state index contributed by atoms with van der Waals surface area (Å²) in [4.78, 5) is 0. The van der Waals surface area contributed by atoms with Crippen LogP contribution in [0.25, 0.3) is 0 Å². The molecule has 0 saturated heterocycles. The summed E-state index contributed by atoms with van der Waals surface area (Å²) in [5.41, 5.74) is 1.50. The van der Waals surface area contributed by atoms with Gasteiger partial charge in [-0.1, -0.05) is 38.7 Å². The number of hydrogen-bond donors (Lipinski definition) is 1. The second-order valence-corrected chi connectivity index (χ2v) is 8.85. The van der Waals surface area contributed by atoms with Crippen molar-refractivity contribution in [1.82, 2.24) is 0 Å². The van der Waals surface area contributed by atoms with Gasteiger partial charge in [-0.05, 0) is 80.5 Å². The third-order valence-corrected chi connectivity index (χ3v) is 7.61. The fourth-order valence-corrected chi connectivity index (χ4v) is 6.21. The normalized spacial score (nSPS) is 51.7. The highest BCUT2D eigenvalue weighted by atomic mass is 16.3. The van der Waals surface area contributed by atoms with Crippen molar-refractivity contribution >= 4 is 0 Å². The molecule has 21 heavy (non-hydrogen) atoms. The van der Waals surface area contributed by atoms with E-state index in [1.165, 1.54) is 25.7 Å². The molecule has 6 unspecified atom stereocenters. The monoisotopic (exact) mass is 288 g/mol. The lowest BCUT2D eigenvalue weighted by molar-refractivity contribution is -0.154. The predicted molar refractivity (Wildman–Crippen MR) is 89.0 cm³/mol. The lowest BCUT2D eigenvalue weighted by Crippen LogP contribution is -2.55. The van der Waals surface area contributed by atoms with E-state index in [0.29, 0.717) is 16.7 Å². The standard InChI is InChI=1S/C20H32O/c1-6-14(2)7-8-17-18(3)11-9-15-13-19(15,4)16(18)10-12-20(17,5)21/h6,15-17,21H,1-2,7-13H2,3-5H3. The fraction of sp³-hybridized carbons (Fsp3) is 0.800. The van der Waals surface area contributed by atoms with E-state index >= 15 is 0 Å². The molecular formula is C20H32O. The largest absolute Gasteiger partial charge is 0.390 e. The third kappa shape index (κ3) is 2.23. The van der Waals surface area contributed by atoms with Crippen molar-refractivity contribution in [2.24, 2.45) is 28.6 Å². The van der Waals surface area contributed by atoms with E-state index in [4.69, 9.17) is 0 Å². The van der Waals surface area contributed by atoms with Gasteiger partial charge in [-0.15, -0.1) is 0 Å². The molecule has 0 bridgehead atoms. The molecule has 0 heterocycles. The first-order valence-electron chi connectivity index (χ1n) is 8.76. The molecule has 0 aromatic heterocycles. The fourth-order valence-electron chi connectivity index (χ4n) is 6.21. The molecule has 3 saturated carbocycles. The van der Waals surface area contributed by atoms with Gasteiger partial charge in [0.2, 0.25) is 0 Å². The van der Waals surface area contributed by atoms with Crippen LogP contribution in [0.1, 0.15) is 65.7 Å². The third-order valence-electron chi connectivity index (χ3n) is 7.61. The summed E-state index contributed by atoms with van der Waals surface area (Å²) in [5, 5.41) is 11.1. The second kappa shape index (κ2) is 4.72. The zero-order valence-corrected chi connectivity index (χ0v) is 14.1. The Morgan fingerprint density at radius 3 is 2.57 bits per heavy atom. The van der Waals surface area contributed by atoms with E-state index in [2.05, 4.69) is 33.9 Å². The number of allylic oxidation sites excluding steroid dienone is 2. The molecule has 0 spiro atoms. The lowest BCUT2D eigenvalue weighted by atomic mass is 9.48. The average molecular weight is 288 g/mol. The van der Waals surface area contributed by atoms with Crippen molar-refractivity contribution in [3.63, 3.8) is 0 Å². The minimum Gasteiger partial charge on any atom is -0.390 e. The summed E-state index contributed by atoms with van der Waals surface area (Å²) < 4.78 is 0. The van der Waals surface area contributed by atoms with Crippen LogP contribution >= 0.6 is 0 Å². The zero-order valence-electron chi connectivity index (χ0n) is 14.1. The van der Waals surface area contributed by atoms with Crippen molar-refractivity contribution in [1.29, 1.82) is 0 Å². The SMILES string of the molecule is C=CC(=C)CCC1C(C)(O)CCC2C3(C)CC3CCC12C. The van der Waals surface area contributed by atoms with Crippen LogP contribution in [0, 0.1) is 28.6 Å². The Labute approximate surface area is 130 Å². The molecular weight excluding hydrogens is 256 g/mol. The molecule has 3 fully saturated rings. The molecule has 1 heteroatoms. The molecule has 1 N–H and O–H groups in total. The highest BCUT2D eigenvalue weighted by Crippen LogP contribution is 2.73. The van der Waals surface area contributed by atoms with Crippen LogP contribution in [0.4, 0.5) is 0 Å². The van der Waals surface area contributed by atoms with E-state index in [1.807, 2.05) is 6.08 Å². The van der Waals surface area contributed by atoms with Crippen LogP contribution in [0.2, 0.25) is 0 Å². The molecule has 3 rings (SSSR count). The summed E-state index contributed by atoms with van der Waals surface area (Å²) in [6, 6.07) is 0. The van der Waals surface area contributed by atoms with Crippen LogP contribution in [0.5, 0.6) is 0 Å². The van der Waals surface area contributed by atoms with Crippen molar-refractivity contribution in [3.05, 3.63) is 24.8 Å². The van der Waals surface area contributed by atoms with Gasteiger partial charge in [0.1, 0.15) is 0 Å². The number of rotatable bonds is 4. The van der Waals surface area contributed by atoms with Gasteiger partial charge in [-0.25, -0.2) is 0 Å². The molecule has 3 aliphatic carbocycles. The predicted octanol–water partition coefficient (Wildman–Crippen LogP) is 5.11. The quantitative estimate of drug-likeness (QED) is 0.712. The summed E-state index contributed by atoms with van der Waals surface area (Å²) in [5.74, 6) is 2.19. The average Bonchev–Trinajstić information content (AvgIpc) is 3.08. The molecule has 1 nitrogen and oxygen atoms in total. The van der Waals surface area contributed by atoms with Crippen molar-refractivity contribution in [3.8, 4) is 0 Å². The molecule has 0 aromatic carbocycles. The molecule has 0 aromatic rings. The van der Waals surface area contributed by atoms with Gasteiger partial charge in [0, 0.05) is 0 Å². The maximum absolute atomic E-state index is 11.1. The minimum atomic E-state index is -0.509. The first-order chi connectivity index (χ1) is 9.74. The Hall–Kier alpha value is -0.560. The maximum Gasteiger partial charge on any atom is 0.0653 e. The van der Waals surface area contributed by atoms with Gasteiger partial charge in [0.25, 0.3) is 0 Å². The Kier molecular flexibility index (Phi) is 3.44. The van der Waals surface area contributed by atoms with Gasteiger partial charge in [-0.3, -0.25) is 0 Å². The molecule has 0 aliphatic heterocycles. The van der Waals surface area contributed by atoms with Crippen LogP contribution in [-0.2, 0) is 0 Å². The van der Waals surface area contributed by atoms with Gasteiger partial charge in [0.05, 0.1) is 5.60 Å². The van der Waals surface area contributed by atoms with E-state index in [9.17, 15) is 5.11 Å². The van der Waals surface area contributed by atoms with Crippen LogP contribution in [-0.4, -0.2) is 10.7 Å². The Morgan fingerprint density at radius 1 is 1.19 bits per heavy atom. The van der Waals surface area contributed by atoms with E-state index in [0.717, 1.165) is 36.7 Å². The van der Waals surface area contributed by atoms with Gasteiger partial charge in [-0.2, -0.15) is 0 Å². The van der Waals surface area contributed by atoms with Crippen LogP contribution in [0.3, 0.4) is 0 Å². The second-order valence-electron chi connectivity index (χ2n) is 8.85. The van der Waals surface area contributed by atoms with Gasteiger partial charge in [0.15, 0.2) is 0 Å². The molecule has 0 radical (unpaired) electrons. The van der Waals surface area contributed by atoms with Crippen molar-refractivity contribution in [2.45, 2.75) is 71.3 Å². The number of aliphatic hydroxyl groups is 1. The highest BCUT2D eigenvalue weighted by Gasteiger charge is 2.67.